The number of hydrogen-bond acceptors (Lipinski definition) is 5. The Labute approximate surface area is 176 Å². The zero-order valence-electron chi connectivity index (χ0n) is 15.7. The van der Waals surface area contributed by atoms with Crippen molar-refractivity contribution in [2.45, 2.75) is 39.2 Å². The van der Waals surface area contributed by atoms with Crippen LogP contribution in [-0.4, -0.2) is 39.7 Å². The Morgan fingerprint density at radius 3 is 2.68 bits per heavy atom. The van der Waals surface area contributed by atoms with Gasteiger partial charge in [0.25, 0.3) is 0 Å². The minimum Gasteiger partial charge on any atom is -0.346 e. The van der Waals surface area contributed by atoms with E-state index in [1.165, 1.54) is 6.42 Å². The van der Waals surface area contributed by atoms with Gasteiger partial charge in [-0.3, -0.25) is 9.59 Å². The van der Waals surface area contributed by atoms with Crippen molar-refractivity contribution < 1.29 is 9.59 Å². The summed E-state index contributed by atoms with van der Waals surface area (Å²) in [6.45, 7) is 2.58. The number of carbonyl (C=O) groups excluding carboxylic acids is 2. The van der Waals surface area contributed by atoms with Gasteiger partial charge in [0.05, 0.1) is 13.1 Å². The summed E-state index contributed by atoms with van der Waals surface area (Å²) in [5, 5.41) is 14.0. The molecule has 0 spiro atoms. The molecule has 0 unspecified atom stereocenters. The lowest BCUT2D eigenvalue weighted by Crippen LogP contribution is -2.36. The summed E-state index contributed by atoms with van der Waals surface area (Å²) >= 11 is 0. The zero-order chi connectivity index (χ0) is 18.5. The van der Waals surface area contributed by atoms with E-state index in [1.54, 1.807) is 0 Å². The van der Waals surface area contributed by atoms with Crippen LogP contribution in [0, 0.1) is 6.92 Å². The smallest absolute Gasteiger partial charge is 0.243 e. The van der Waals surface area contributed by atoms with Gasteiger partial charge < -0.3 is 20.9 Å². The predicted octanol–water partition coefficient (Wildman–Crippen LogP) is 1.84. The summed E-state index contributed by atoms with van der Waals surface area (Å²) in [7, 11) is 0. The summed E-state index contributed by atoms with van der Waals surface area (Å²) in [6.07, 6.45) is 4.41. The lowest BCUT2D eigenvalue weighted by atomic mass is 10.1. The van der Waals surface area contributed by atoms with Crippen LogP contribution in [0.25, 0.3) is 11.4 Å². The quantitative estimate of drug-likeness (QED) is 0.671. The highest BCUT2D eigenvalue weighted by Crippen LogP contribution is 2.26. The van der Waals surface area contributed by atoms with Crippen molar-refractivity contribution in [3.8, 4) is 11.4 Å². The Hall–Kier alpha value is -2.16. The molecule has 2 heterocycles. The summed E-state index contributed by atoms with van der Waals surface area (Å²) in [6, 6.07) is 5.84. The van der Waals surface area contributed by atoms with Crippen LogP contribution >= 0.6 is 24.8 Å². The van der Waals surface area contributed by atoms with Crippen molar-refractivity contribution in [1.29, 1.82) is 0 Å². The average Bonchev–Trinajstić information content (AvgIpc) is 2.89. The molecule has 1 aromatic heterocycles. The highest BCUT2D eigenvalue weighted by atomic mass is 35.5. The molecule has 0 radical (unpaired) electrons. The molecule has 1 aliphatic heterocycles. The monoisotopic (exact) mass is 428 g/mol. The van der Waals surface area contributed by atoms with Crippen molar-refractivity contribution in [2.75, 3.05) is 18.4 Å². The highest BCUT2D eigenvalue weighted by molar-refractivity contribution is 5.95. The molecular weight excluding hydrogens is 403 g/mol. The number of carbonyl (C=O) groups is 2. The van der Waals surface area contributed by atoms with Gasteiger partial charge in [0.1, 0.15) is 5.82 Å². The van der Waals surface area contributed by atoms with E-state index >= 15 is 0 Å². The van der Waals surface area contributed by atoms with Crippen LogP contribution in [0.2, 0.25) is 0 Å². The van der Waals surface area contributed by atoms with Crippen molar-refractivity contribution in [3.63, 3.8) is 0 Å². The van der Waals surface area contributed by atoms with Gasteiger partial charge in [-0.2, -0.15) is 0 Å². The second kappa shape index (κ2) is 11.0. The third-order valence-electron chi connectivity index (χ3n) is 4.51. The van der Waals surface area contributed by atoms with Crippen LogP contribution in [0.15, 0.2) is 18.2 Å². The van der Waals surface area contributed by atoms with E-state index in [0.29, 0.717) is 5.69 Å². The van der Waals surface area contributed by atoms with Crippen LogP contribution in [0.1, 0.15) is 30.7 Å². The molecule has 0 aliphatic carbocycles. The number of aromatic nitrogens is 3. The number of hydrogen-bond donors (Lipinski definition) is 3. The maximum absolute atomic E-state index is 12.1. The third-order valence-corrected chi connectivity index (χ3v) is 4.51. The molecule has 154 valence electrons. The number of halogens is 2. The first-order valence-corrected chi connectivity index (χ1v) is 8.88. The number of nitrogens with two attached hydrogens (primary N) is 1. The number of fused-ring (bicyclic) bond motifs is 1. The number of anilines is 1. The van der Waals surface area contributed by atoms with Crippen molar-refractivity contribution >= 4 is 42.3 Å². The maximum atomic E-state index is 12.1. The molecule has 28 heavy (non-hydrogen) atoms. The molecule has 0 bridgehead atoms. The minimum atomic E-state index is -0.364. The fourth-order valence-electron chi connectivity index (χ4n) is 3.04. The molecule has 1 aromatic carbocycles. The molecule has 0 saturated heterocycles. The van der Waals surface area contributed by atoms with E-state index in [0.717, 1.165) is 48.6 Å². The van der Waals surface area contributed by atoms with Gasteiger partial charge in [-0.05, 0) is 31.4 Å². The van der Waals surface area contributed by atoms with Crippen LogP contribution in [0.3, 0.4) is 0 Å². The minimum absolute atomic E-state index is 0. The molecule has 0 atom stereocenters. The van der Waals surface area contributed by atoms with Crippen LogP contribution in [0.5, 0.6) is 0 Å². The molecule has 0 saturated carbocycles. The highest BCUT2D eigenvalue weighted by Gasteiger charge is 2.17. The second-order valence-corrected chi connectivity index (χ2v) is 6.46. The third kappa shape index (κ3) is 5.67. The Balaban J connectivity index is 0.00000196. The van der Waals surface area contributed by atoms with Gasteiger partial charge in [-0.25, -0.2) is 0 Å². The van der Waals surface area contributed by atoms with Gasteiger partial charge in [0.2, 0.25) is 11.8 Å². The van der Waals surface area contributed by atoms with E-state index < -0.39 is 0 Å². The largest absolute Gasteiger partial charge is 0.346 e. The Bertz CT molecular complexity index is 824. The van der Waals surface area contributed by atoms with Crippen LogP contribution in [-0.2, 0) is 22.6 Å². The number of rotatable bonds is 5. The molecule has 2 amide bonds. The molecule has 0 fully saturated rings. The zero-order valence-corrected chi connectivity index (χ0v) is 17.4. The molecule has 8 nitrogen and oxygen atoms in total. The summed E-state index contributed by atoms with van der Waals surface area (Å²) in [5.74, 6) is 1.19. The molecule has 3 rings (SSSR count). The lowest BCUT2D eigenvalue weighted by molar-refractivity contribution is -0.123. The van der Waals surface area contributed by atoms with Crippen molar-refractivity contribution in [3.05, 3.63) is 29.6 Å². The molecule has 10 heteroatoms. The lowest BCUT2D eigenvalue weighted by Gasteiger charge is -2.12. The van der Waals surface area contributed by atoms with E-state index in [2.05, 4.69) is 25.4 Å². The van der Waals surface area contributed by atoms with Crippen LogP contribution < -0.4 is 16.4 Å². The van der Waals surface area contributed by atoms with Crippen LogP contribution in [0.4, 0.5) is 5.69 Å². The number of amides is 2. The van der Waals surface area contributed by atoms with Crippen molar-refractivity contribution in [1.82, 2.24) is 20.1 Å². The van der Waals surface area contributed by atoms with Gasteiger partial charge in [0.15, 0.2) is 5.82 Å². The Morgan fingerprint density at radius 2 is 1.93 bits per heavy atom. The molecular formula is C18H26Cl2N6O2. The van der Waals surface area contributed by atoms with E-state index in [1.807, 2.05) is 25.1 Å². The SMILES string of the molecule is Cc1ccc(-c2nnc3n2CCCCC3)cc1NC(=O)CNC(=O)CN.Cl.Cl. The van der Waals surface area contributed by atoms with Gasteiger partial charge in [0, 0.05) is 24.2 Å². The van der Waals surface area contributed by atoms with E-state index in [9.17, 15) is 9.59 Å². The molecule has 4 N–H and O–H groups in total. The molecule has 1 aliphatic rings. The summed E-state index contributed by atoms with van der Waals surface area (Å²) < 4.78 is 2.17. The average molecular weight is 429 g/mol. The summed E-state index contributed by atoms with van der Waals surface area (Å²) in [5.41, 5.74) is 7.76. The standard InChI is InChI=1S/C18H24N6O2.2ClH/c1-12-6-7-13(9-14(12)21-17(26)11-20-16(25)10-19)18-23-22-15-5-3-2-4-8-24(15)18;;/h6-7,9H,2-5,8,10-11,19H2,1H3,(H,20,25)(H,21,26);2*1H. The van der Waals surface area contributed by atoms with Crippen molar-refractivity contribution in [2.24, 2.45) is 5.73 Å². The van der Waals surface area contributed by atoms with Gasteiger partial charge in [-0.1, -0.05) is 18.6 Å². The number of nitrogens with one attached hydrogen (secondary N) is 2. The summed E-state index contributed by atoms with van der Waals surface area (Å²) in [4.78, 5) is 23.2. The maximum Gasteiger partial charge on any atom is 0.243 e. The fourth-order valence-corrected chi connectivity index (χ4v) is 3.04. The van der Waals surface area contributed by atoms with E-state index in [-0.39, 0.29) is 49.7 Å². The first-order chi connectivity index (χ1) is 12.6. The molecule has 2 aromatic rings. The normalized spacial score (nSPS) is 12.6. The first kappa shape index (κ1) is 23.9. The number of benzene rings is 1. The number of aryl methyl sites for hydroxylation is 2. The Kier molecular flexibility index (Phi) is 9.37. The van der Waals surface area contributed by atoms with E-state index in [4.69, 9.17) is 5.73 Å². The van der Waals surface area contributed by atoms with Gasteiger partial charge >= 0.3 is 0 Å². The second-order valence-electron chi connectivity index (χ2n) is 6.46. The number of nitrogens with zero attached hydrogens (tertiary/aromatic N) is 3. The topological polar surface area (TPSA) is 115 Å². The predicted molar refractivity (Wildman–Crippen MR) is 113 cm³/mol. The first-order valence-electron chi connectivity index (χ1n) is 8.88. The Morgan fingerprint density at radius 1 is 1.14 bits per heavy atom. The fraction of sp³-hybridized carbons (Fsp3) is 0.444. The van der Waals surface area contributed by atoms with Gasteiger partial charge in [-0.15, -0.1) is 35.0 Å².